The molecule has 1 N–H and O–H groups in total. The van der Waals surface area contributed by atoms with E-state index in [1.807, 2.05) is 93.6 Å². The van der Waals surface area contributed by atoms with Gasteiger partial charge in [0.05, 0.1) is 11.9 Å². The minimum absolute atomic E-state index is 0.102. The SMILES string of the molecule is CNC(=O)C(Cc1ccccc1)N(Cc1ccc(C)cc1)C(=O)CCCN(c1cc(C)cc(C)c1)S(C)(=O)=O. The number of likely N-dealkylation sites (N-methyl/N-ethyl adjacent to an activating group) is 1. The Hall–Kier alpha value is -3.65. The highest BCUT2D eigenvalue weighted by Gasteiger charge is 2.30. The molecule has 0 spiro atoms. The lowest BCUT2D eigenvalue weighted by Crippen LogP contribution is -2.49. The molecule has 8 heteroatoms. The molecule has 3 aromatic rings. The molecule has 0 saturated carbocycles. The second kappa shape index (κ2) is 13.4. The number of aryl methyl sites for hydroxylation is 3. The van der Waals surface area contributed by atoms with Crippen molar-refractivity contribution in [2.24, 2.45) is 0 Å². The van der Waals surface area contributed by atoms with Gasteiger partial charge in [-0.05, 0) is 61.6 Å². The summed E-state index contributed by atoms with van der Waals surface area (Å²) in [4.78, 5) is 28.4. The Bertz CT molecular complexity index is 1350. The van der Waals surface area contributed by atoms with E-state index in [2.05, 4.69) is 5.32 Å². The number of anilines is 1. The Morgan fingerprint density at radius 1 is 0.846 bits per heavy atom. The second-order valence-electron chi connectivity index (χ2n) is 10.1. The van der Waals surface area contributed by atoms with Crippen LogP contribution in [0.3, 0.4) is 0 Å². The first-order valence-corrected chi connectivity index (χ1v) is 15.0. The van der Waals surface area contributed by atoms with E-state index in [1.54, 1.807) is 11.9 Å². The Kier molecular flexibility index (Phi) is 10.3. The van der Waals surface area contributed by atoms with Crippen molar-refractivity contribution in [2.75, 3.05) is 24.2 Å². The summed E-state index contributed by atoms with van der Waals surface area (Å²) in [6.45, 7) is 6.29. The van der Waals surface area contributed by atoms with E-state index in [-0.39, 0.29) is 31.3 Å². The number of sulfonamides is 1. The van der Waals surface area contributed by atoms with Gasteiger partial charge in [-0.25, -0.2) is 8.42 Å². The predicted molar refractivity (Wildman–Crippen MR) is 157 cm³/mol. The fraction of sp³-hybridized carbons (Fsp3) is 0.355. The third-order valence-corrected chi connectivity index (χ3v) is 7.83. The predicted octanol–water partition coefficient (Wildman–Crippen LogP) is 4.54. The van der Waals surface area contributed by atoms with Crippen LogP contribution in [0.1, 0.15) is 40.7 Å². The molecular weight excluding hydrogens is 510 g/mol. The number of amides is 2. The summed E-state index contributed by atoms with van der Waals surface area (Å²) in [6, 6.07) is 22.5. The smallest absolute Gasteiger partial charge is 0.242 e. The average Bonchev–Trinajstić information content (AvgIpc) is 2.88. The van der Waals surface area contributed by atoms with Gasteiger partial charge in [0.15, 0.2) is 0 Å². The van der Waals surface area contributed by atoms with Crippen molar-refractivity contribution in [3.8, 4) is 0 Å². The highest BCUT2D eigenvalue weighted by atomic mass is 32.2. The van der Waals surface area contributed by atoms with E-state index in [4.69, 9.17) is 0 Å². The van der Waals surface area contributed by atoms with E-state index in [9.17, 15) is 18.0 Å². The van der Waals surface area contributed by atoms with E-state index in [0.29, 0.717) is 18.5 Å². The summed E-state index contributed by atoms with van der Waals surface area (Å²) >= 11 is 0. The molecule has 0 bridgehead atoms. The van der Waals surface area contributed by atoms with Crippen molar-refractivity contribution < 1.29 is 18.0 Å². The van der Waals surface area contributed by atoms with Crippen LogP contribution in [0.2, 0.25) is 0 Å². The topological polar surface area (TPSA) is 86.8 Å². The summed E-state index contributed by atoms with van der Waals surface area (Å²) in [6.07, 6.45) is 1.97. The lowest BCUT2D eigenvalue weighted by molar-refractivity contribution is -0.141. The van der Waals surface area contributed by atoms with Gasteiger partial charge in [-0.2, -0.15) is 0 Å². The van der Waals surface area contributed by atoms with Crippen LogP contribution >= 0.6 is 0 Å². The monoisotopic (exact) mass is 549 g/mol. The molecule has 0 aliphatic heterocycles. The number of carbonyl (C=O) groups is 2. The maximum absolute atomic E-state index is 13.7. The van der Waals surface area contributed by atoms with Crippen LogP contribution < -0.4 is 9.62 Å². The molecule has 0 fully saturated rings. The van der Waals surface area contributed by atoms with Crippen LogP contribution in [0.25, 0.3) is 0 Å². The van der Waals surface area contributed by atoms with Crippen molar-refractivity contribution in [2.45, 2.75) is 52.6 Å². The van der Waals surface area contributed by atoms with Crippen molar-refractivity contribution >= 4 is 27.5 Å². The first-order valence-electron chi connectivity index (χ1n) is 13.1. The molecule has 7 nitrogen and oxygen atoms in total. The number of benzene rings is 3. The van der Waals surface area contributed by atoms with Gasteiger partial charge in [-0.3, -0.25) is 13.9 Å². The van der Waals surface area contributed by atoms with E-state index in [1.165, 1.54) is 10.6 Å². The van der Waals surface area contributed by atoms with Gasteiger partial charge >= 0.3 is 0 Å². The van der Waals surface area contributed by atoms with Gasteiger partial charge in [0.2, 0.25) is 21.8 Å². The van der Waals surface area contributed by atoms with E-state index in [0.717, 1.165) is 27.8 Å². The highest BCUT2D eigenvalue weighted by molar-refractivity contribution is 7.92. The molecule has 3 rings (SSSR count). The van der Waals surface area contributed by atoms with E-state index < -0.39 is 16.1 Å². The molecule has 0 heterocycles. The number of hydrogen-bond donors (Lipinski definition) is 1. The quantitative estimate of drug-likeness (QED) is 0.359. The number of carbonyl (C=O) groups excluding carboxylic acids is 2. The van der Waals surface area contributed by atoms with Crippen LogP contribution in [-0.4, -0.2) is 51.0 Å². The molecule has 208 valence electrons. The normalized spacial score (nSPS) is 12.0. The summed E-state index contributed by atoms with van der Waals surface area (Å²) in [5, 5.41) is 2.72. The lowest BCUT2D eigenvalue weighted by Gasteiger charge is -2.31. The van der Waals surface area contributed by atoms with Gasteiger partial charge < -0.3 is 10.2 Å². The maximum Gasteiger partial charge on any atom is 0.242 e. The number of rotatable bonds is 12. The maximum atomic E-state index is 13.7. The summed E-state index contributed by atoms with van der Waals surface area (Å²) in [7, 11) is -1.98. The molecule has 0 aliphatic rings. The van der Waals surface area contributed by atoms with Crippen molar-refractivity contribution in [3.05, 3.63) is 101 Å². The van der Waals surface area contributed by atoms with Crippen LogP contribution in [0, 0.1) is 20.8 Å². The van der Waals surface area contributed by atoms with E-state index >= 15 is 0 Å². The first kappa shape index (κ1) is 29.9. The zero-order chi connectivity index (χ0) is 28.6. The van der Waals surface area contributed by atoms with Gasteiger partial charge in [0.25, 0.3) is 0 Å². The minimum atomic E-state index is -3.55. The molecule has 2 amide bonds. The van der Waals surface area contributed by atoms with Crippen molar-refractivity contribution in [3.63, 3.8) is 0 Å². The molecule has 0 saturated heterocycles. The highest BCUT2D eigenvalue weighted by Crippen LogP contribution is 2.23. The number of nitrogens with one attached hydrogen (secondary N) is 1. The third-order valence-electron chi connectivity index (χ3n) is 6.64. The van der Waals surface area contributed by atoms with Crippen LogP contribution in [0.5, 0.6) is 0 Å². The fourth-order valence-corrected chi connectivity index (χ4v) is 5.66. The molecule has 0 aliphatic carbocycles. The Morgan fingerprint density at radius 2 is 1.46 bits per heavy atom. The molecule has 1 atom stereocenters. The number of hydrogen-bond acceptors (Lipinski definition) is 4. The largest absolute Gasteiger partial charge is 0.357 e. The second-order valence-corrected chi connectivity index (χ2v) is 12.0. The molecule has 0 radical (unpaired) electrons. The average molecular weight is 550 g/mol. The van der Waals surface area contributed by atoms with Crippen molar-refractivity contribution in [1.82, 2.24) is 10.2 Å². The molecular formula is C31H39N3O4S. The Balaban J connectivity index is 1.85. The molecule has 0 aromatic heterocycles. The van der Waals surface area contributed by atoms with Crippen LogP contribution in [-0.2, 0) is 32.6 Å². The molecule has 3 aromatic carbocycles. The first-order chi connectivity index (χ1) is 18.5. The number of nitrogens with zero attached hydrogens (tertiary/aromatic N) is 2. The van der Waals surface area contributed by atoms with Crippen LogP contribution in [0.15, 0.2) is 72.8 Å². The van der Waals surface area contributed by atoms with Crippen molar-refractivity contribution in [1.29, 1.82) is 0 Å². The fourth-order valence-electron chi connectivity index (χ4n) is 4.71. The van der Waals surface area contributed by atoms with Gasteiger partial charge in [-0.15, -0.1) is 0 Å². The zero-order valence-electron chi connectivity index (χ0n) is 23.5. The van der Waals surface area contributed by atoms with Crippen LogP contribution in [0.4, 0.5) is 5.69 Å². The Labute approximate surface area is 232 Å². The van der Waals surface area contributed by atoms with Gasteiger partial charge in [-0.1, -0.05) is 66.2 Å². The standard InChI is InChI=1S/C31H39N3O4S/c1-23-13-15-27(16-14-23)22-33(29(31(36)32-4)21-26-10-7-6-8-11-26)30(35)12-9-17-34(39(5,37)38)28-19-24(2)18-25(3)20-28/h6-8,10-11,13-16,18-20,29H,9,12,17,21-22H2,1-5H3,(H,32,36). The van der Waals surface area contributed by atoms with Gasteiger partial charge in [0, 0.05) is 33.0 Å². The van der Waals surface area contributed by atoms with Gasteiger partial charge in [0.1, 0.15) is 6.04 Å². The summed E-state index contributed by atoms with van der Waals surface area (Å²) in [5.41, 5.74) is 5.50. The minimum Gasteiger partial charge on any atom is -0.357 e. The zero-order valence-corrected chi connectivity index (χ0v) is 24.3. The summed E-state index contributed by atoms with van der Waals surface area (Å²) in [5.74, 6) is -0.443. The molecule has 1 unspecified atom stereocenters. The lowest BCUT2D eigenvalue weighted by atomic mass is 10.0. The summed E-state index contributed by atoms with van der Waals surface area (Å²) < 4.78 is 26.7. The third kappa shape index (κ3) is 8.68. The Morgan fingerprint density at radius 3 is 2.03 bits per heavy atom. The molecule has 39 heavy (non-hydrogen) atoms.